The molecule has 1 aromatic heterocycles. The number of amides is 1. The van der Waals surface area contributed by atoms with E-state index in [0.29, 0.717) is 6.54 Å². The molecule has 0 aliphatic rings. The van der Waals surface area contributed by atoms with Gasteiger partial charge in [-0.1, -0.05) is 49.4 Å². The van der Waals surface area contributed by atoms with Crippen LogP contribution in [0.5, 0.6) is 0 Å². The summed E-state index contributed by atoms with van der Waals surface area (Å²) < 4.78 is 1.72. The Morgan fingerprint density at radius 1 is 1.22 bits per heavy atom. The van der Waals surface area contributed by atoms with Gasteiger partial charge in [0.05, 0.1) is 6.20 Å². The van der Waals surface area contributed by atoms with Crippen LogP contribution in [-0.4, -0.2) is 22.2 Å². The van der Waals surface area contributed by atoms with Crippen LogP contribution in [0.4, 0.5) is 0 Å². The largest absolute Gasteiger partial charge is 0.354 e. The van der Waals surface area contributed by atoms with E-state index in [1.165, 1.54) is 10.8 Å². The van der Waals surface area contributed by atoms with E-state index in [1.807, 2.05) is 44.4 Å². The normalized spacial score (nSPS) is 12.3. The molecule has 118 valence electrons. The van der Waals surface area contributed by atoms with Crippen molar-refractivity contribution >= 4 is 16.7 Å². The average Bonchev–Trinajstić information content (AvgIpc) is 3.08. The molecule has 4 heteroatoms. The number of hydrogen-bond donors (Lipinski definition) is 1. The van der Waals surface area contributed by atoms with Crippen molar-refractivity contribution in [3.05, 3.63) is 54.9 Å². The average molecular weight is 307 g/mol. The molecule has 4 nitrogen and oxygen atoms in total. The lowest BCUT2D eigenvalue weighted by Gasteiger charge is -2.12. The van der Waals surface area contributed by atoms with Crippen LogP contribution in [0.25, 0.3) is 21.9 Å². The fourth-order valence-electron chi connectivity index (χ4n) is 2.68. The molecule has 0 aliphatic heterocycles. The molecule has 23 heavy (non-hydrogen) atoms. The van der Waals surface area contributed by atoms with Gasteiger partial charge in [0, 0.05) is 18.3 Å². The van der Waals surface area contributed by atoms with E-state index < -0.39 is 0 Å². The van der Waals surface area contributed by atoms with Crippen LogP contribution >= 0.6 is 0 Å². The zero-order chi connectivity index (χ0) is 16.2. The molecule has 0 aliphatic carbocycles. The Hall–Kier alpha value is -2.62. The van der Waals surface area contributed by atoms with Crippen molar-refractivity contribution in [3.8, 4) is 11.1 Å². The number of nitrogens with zero attached hydrogens (tertiary/aromatic N) is 2. The highest BCUT2D eigenvalue weighted by Gasteiger charge is 2.16. The van der Waals surface area contributed by atoms with Crippen LogP contribution in [0.1, 0.15) is 26.3 Å². The van der Waals surface area contributed by atoms with Crippen LogP contribution in [0, 0.1) is 0 Å². The van der Waals surface area contributed by atoms with Gasteiger partial charge in [0.2, 0.25) is 5.91 Å². The molecule has 0 spiro atoms. The molecule has 3 aromatic rings. The second-order valence-corrected chi connectivity index (χ2v) is 5.70. The molecule has 1 atom stereocenters. The fraction of sp³-hybridized carbons (Fsp3) is 0.263. The molecule has 1 N–H and O–H groups in total. The highest BCUT2D eigenvalue weighted by molar-refractivity contribution is 5.96. The molecule has 3 rings (SSSR count). The van der Waals surface area contributed by atoms with Crippen molar-refractivity contribution in [2.75, 3.05) is 6.54 Å². The lowest BCUT2D eigenvalue weighted by Crippen LogP contribution is -2.31. The van der Waals surface area contributed by atoms with E-state index in [0.717, 1.165) is 17.5 Å². The summed E-state index contributed by atoms with van der Waals surface area (Å²) in [5.74, 6) is -0.000537. The predicted octanol–water partition coefficient (Wildman–Crippen LogP) is 3.79. The molecule has 0 saturated carbocycles. The lowest BCUT2D eigenvalue weighted by atomic mass is 10.0. The summed E-state index contributed by atoms with van der Waals surface area (Å²) in [7, 11) is 0. The molecule has 0 saturated heterocycles. The van der Waals surface area contributed by atoms with Crippen molar-refractivity contribution in [2.24, 2.45) is 0 Å². The van der Waals surface area contributed by atoms with Crippen molar-refractivity contribution in [1.82, 2.24) is 15.1 Å². The number of rotatable bonds is 5. The molecule has 2 aromatic carbocycles. The van der Waals surface area contributed by atoms with Gasteiger partial charge in [-0.3, -0.25) is 9.48 Å². The summed E-state index contributed by atoms with van der Waals surface area (Å²) in [6.07, 6.45) is 4.70. The van der Waals surface area contributed by atoms with Crippen LogP contribution in [-0.2, 0) is 4.79 Å². The number of carbonyl (C=O) groups is 1. The second-order valence-electron chi connectivity index (χ2n) is 5.70. The highest BCUT2D eigenvalue weighted by Crippen LogP contribution is 2.28. The summed E-state index contributed by atoms with van der Waals surface area (Å²) in [4.78, 5) is 12.1. The summed E-state index contributed by atoms with van der Waals surface area (Å²) in [5, 5.41) is 9.69. The van der Waals surface area contributed by atoms with E-state index in [1.54, 1.807) is 4.68 Å². The van der Waals surface area contributed by atoms with E-state index >= 15 is 0 Å². The third-order valence-electron chi connectivity index (χ3n) is 4.03. The van der Waals surface area contributed by atoms with E-state index in [9.17, 15) is 4.79 Å². The van der Waals surface area contributed by atoms with Crippen LogP contribution < -0.4 is 5.32 Å². The number of benzene rings is 2. The standard InChI is InChI=1S/C19H21N3O/c1-3-11-20-19(23)14(2)22-13-16(12-21-22)18-10-6-8-15-7-4-5-9-17(15)18/h4-10,12-14H,3,11H2,1-2H3,(H,20,23). The quantitative estimate of drug-likeness (QED) is 0.779. The van der Waals surface area contributed by atoms with Gasteiger partial charge >= 0.3 is 0 Å². The topological polar surface area (TPSA) is 46.9 Å². The van der Waals surface area contributed by atoms with Crippen molar-refractivity contribution in [1.29, 1.82) is 0 Å². The predicted molar refractivity (Wildman–Crippen MR) is 93.2 cm³/mol. The maximum atomic E-state index is 12.1. The Bertz CT molecular complexity index is 817. The summed E-state index contributed by atoms with van der Waals surface area (Å²) in [6, 6.07) is 14.2. The SMILES string of the molecule is CCCNC(=O)C(C)n1cc(-c2cccc3ccccc23)cn1. The molecular weight excluding hydrogens is 286 g/mol. The maximum absolute atomic E-state index is 12.1. The van der Waals surface area contributed by atoms with E-state index in [4.69, 9.17) is 0 Å². The molecule has 1 unspecified atom stereocenters. The minimum Gasteiger partial charge on any atom is -0.354 e. The Kier molecular flexibility index (Phi) is 4.42. The van der Waals surface area contributed by atoms with Gasteiger partial charge in [-0.25, -0.2) is 0 Å². The van der Waals surface area contributed by atoms with Crippen LogP contribution in [0.3, 0.4) is 0 Å². The van der Waals surface area contributed by atoms with E-state index in [-0.39, 0.29) is 11.9 Å². The highest BCUT2D eigenvalue weighted by atomic mass is 16.2. The van der Waals surface area contributed by atoms with Gasteiger partial charge in [0.25, 0.3) is 0 Å². The molecule has 1 heterocycles. The number of aromatic nitrogens is 2. The minimum absolute atomic E-state index is 0.000537. The second kappa shape index (κ2) is 6.65. The first-order chi connectivity index (χ1) is 11.2. The van der Waals surface area contributed by atoms with Gasteiger partial charge in [-0.2, -0.15) is 5.10 Å². The molecule has 0 bridgehead atoms. The monoisotopic (exact) mass is 307 g/mol. The van der Waals surface area contributed by atoms with Crippen molar-refractivity contribution in [3.63, 3.8) is 0 Å². The number of nitrogens with one attached hydrogen (secondary N) is 1. The third-order valence-corrected chi connectivity index (χ3v) is 4.03. The zero-order valence-electron chi connectivity index (χ0n) is 13.5. The number of hydrogen-bond acceptors (Lipinski definition) is 2. The Morgan fingerprint density at radius 2 is 2.00 bits per heavy atom. The van der Waals surface area contributed by atoms with Gasteiger partial charge in [-0.15, -0.1) is 0 Å². The smallest absolute Gasteiger partial charge is 0.244 e. The van der Waals surface area contributed by atoms with Gasteiger partial charge in [0.1, 0.15) is 6.04 Å². The summed E-state index contributed by atoms with van der Waals surface area (Å²) in [6.45, 7) is 4.60. The number of fused-ring (bicyclic) bond motifs is 1. The third kappa shape index (κ3) is 3.11. The maximum Gasteiger partial charge on any atom is 0.244 e. The summed E-state index contributed by atoms with van der Waals surface area (Å²) in [5.41, 5.74) is 2.16. The molecule has 1 amide bonds. The molecular formula is C19H21N3O. The van der Waals surface area contributed by atoms with Crippen molar-refractivity contribution < 1.29 is 4.79 Å². The van der Waals surface area contributed by atoms with Crippen LogP contribution in [0.15, 0.2) is 54.9 Å². The first kappa shape index (κ1) is 15.3. The minimum atomic E-state index is -0.315. The molecule has 0 radical (unpaired) electrons. The van der Waals surface area contributed by atoms with Gasteiger partial charge < -0.3 is 5.32 Å². The Morgan fingerprint density at radius 3 is 2.83 bits per heavy atom. The van der Waals surface area contributed by atoms with E-state index in [2.05, 4.69) is 34.7 Å². The first-order valence-corrected chi connectivity index (χ1v) is 8.00. The fourth-order valence-corrected chi connectivity index (χ4v) is 2.68. The lowest BCUT2D eigenvalue weighted by molar-refractivity contribution is -0.124. The zero-order valence-corrected chi connectivity index (χ0v) is 13.5. The Labute approximate surface area is 136 Å². The summed E-state index contributed by atoms with van der Waals surface area (Å²) >= 11 is 0. The van der Waals surface area contributed by atoms with Crippen LogP contribution in [0.2, 0.25) is 0 Å². The van der Waals surface area contributed by atoms with Gasteiger partial charge in [-0.05, 0) is 29.7 Å². The molecule has 0 fully saturated rings. The number of carbonyl (C=O) groups excluding carboxylic acids is 1. The first-order valence-electron chi connectivity index (χ1n) is 8.00. The van der Waals surface area contributed by atoms with Gasteiger partial charge in [0.15, 0.2) is 0 Å². The Balaban J connectivity index is 1.91. The van der Waals surface area contributed by atoms with Crippen molar-refractivity contribution in [2.45, 2.75) is 26.3 Å².